The third kappa shape index (κ3) is 4.07. The second kappa shape index (κ2) is 6.79. The molecule has 0 heterocycles. The number of hydrogen-bond acceptors (Lipinski definition) is 2. The highest BCUT2D eigenvalue weighted by atomic mass is 35.5. The molecule has 6 heteroatoms. The minimum absolute atomic E-state index is 0.286. The van der Waals surface area contributed by atoms with Gasteiger partial charge in [0.05, 0.1) is 10.7 Å². The van der Waals surface area contributed by atoms with Crippen LogP contribution in [0.1, 0.15) is 13.8 Å². The van der Waals surface area contributed by atoms with Crippen molar-refractivity contribution >= 4 is 34.8 Å². The molecule has 2 rings (SSSR count). The number of halogens is 2. The summed E-state index contributed by atoms with van der Waals surface area (Å²) in [6.45, 7) is 2.96. The fraction of sp³-hybridized carbons (Fsp3) is 0.176. The van der Waals surface area contributed by atoms with Gasteiger partial charge >= 0.3 is 0 Å². The second-order valence-corrected chi connectivity index (χ2v) is 5.93. The van der Waals surface area contributed by atoms with E-state index in [9.17, 15) is 14.0 Å². The quantitative estimate of drug-likeness (QED) is 0.828. The van der Waals surface area contributed by atoms with E-state index in [0.29, 0.717) is 10.7 Å². The summed E-state index contributed by atoms with van der Waals surface area (Å²) in [6.07, 6.45) is 0. The average Bonchev–Trinajstić information content (AvgIpc) is 2.49. The van der Waals surface area contributed by atoms with Crippen LogP contribution in [-0.4, -0.2) is 11.8 Å². The highest BCUT2D eigenvalue weighted by Gasteiger charge is 2.36. The van der Waals surface area contributed by atoms with E-state index >= 15 is 0 Å². The predicted molar refractivity (Wildman–Crippen MR) is 88.9 cm³/mol. The van der Waals surface area contributed by atoms with Crippen LogP contribution in [0.15, 0.2) is 48.5 Å². The molecular formula is C17H16ClFN2O2. The summed E-state index contributed by atoms with van der Waals surface area (Å²) < 4.78 is 13.2. The van der Waals surface area contributed by atoms with Gasteiger partial charge in [0.2, 0.25) is 11.8 Å². The molecule has 23 heavy (non-hydrogen) atoms. The van der Waals surface area contributed by atoms with Gasteiger partial charge in [-0.1, -0.05) is 29.8 Å². The molecule has 0 unspecified atom stereocenters. The molecule has 0 atom stereocenters. The van der Waals surface area contributed by atoms with Crippen LogP contribution in [-0.2, 0) is 9.59 Å². The van der Waals surface area contributed by atoms with Crippen molar-refractivity contribution in [3.63, 3.8) is 0 Å². The largest absolute Gasteiger partial charge is 0.325 e. The van der Waals surface area contributed by atoms with Crippen LogP contribution in [0.2, 0.25) is 5.02 Å². The first-order valence-electron chi connectivity index (χ1n) is 6.93. The van der Waals surface area contributed by atoms with E-state index in [4.69, 9.17) is 11.6 Å². The summed E-state index contributed by atoms with van der Waals surface area (Å²) in [6, 6.07) is 12.2. The van der Waals surface area contributed by atoms with Crippen LogP contribution in [0.3, 0.4) is 0 Å². The molecule has 0 saturated heterocycles. The van der Waals surface area contributed by atoms with Crippen molar-refractivity contribution in [1.82, 2.24) is 0 Å². The number of hydrogen-bond donors (Lipinski definition) is 2. The molecule has 4 nitrogen and oxygen atoms in total. The number of amides is 2. The molecule has 0 aromatic heterocycles. The summed E-state index contributed by atoms with van der Waals surface area (Å²) in [5, 5.41) is 5.53. The average molecular weight is 335 g/mol. The number of anilines is 2. The Morgan fingerprint density at radius 2 is 1.65 bits per heavy atom. The Balaban J connectivity index is 2.11. The van der Waals surface area contributed by atoms with Gasteiger partial charge in [-0.2, -0.15) is 0 Å². The van der Waals surface area contributed by atoms with Gasteiger partial charge in [0.1, 0.15) is 11.2 Å². The lowest BCUT2D eigenvalue weighted by molar-refractivity contribution is -0.135. The van der Waals surface area contributed by atoms with Crippen molar-refractivity contribution in [3.8, 4) is 0 Å². The molecule has 0 aliphatic heterocycles. The Kier molecular flexibility index (Phi) is 5.01. The third-order valence-corrected chi connectivity index (χ3v) is 3.67. The zero-order valence-electron chi connectivity index (χ0n) is 12.7. The Morgan fingerprint density at radius 3 is 2.30 bits per heavy atom. The van der Waals surface area contributed by atoms with E-state index < -0.39 is 23.0 Å². The maximum absolute atomic E-state index is 13.2. The van der Waals surface area contributed by atoms with Crippen molar-refractivity contribution in [2.45, 2.75) is 13.8 Å². The topological polar surface area (TPSA) is 58.2 Å². The summed E-state index contributed by atoms with van der Waals surface area (Å²) in [4.78, 5) is 24.7. The normalized spacial score (nSPS) is 11.0. The molecule has 2 N–H and O–H groups in total. The lowest BCUT2D eigenvalue weighted by Gasteiger charge is -2.23. The Hall–Kier alpha value is -2.40. The van der Waals surface area contributed by atoms with E-state index in [-0.39, 0.29) is 5.69 Å². The number of nitrogens with one attached hydrogen (secondary N) is 2. The van der Waals surface area contributed by atoms with Crippen LogP contribution in [0, 0.1) is 11.2 Å². The predicted octanol–water partition coefficient (Wildman–Crippen LogP) is 4.08. The molecule has 0 fully saturated rings. The van der Waals surface area contributed by atoms with Gasteiger partial charge in [0.25, 0.3) is 0 Å². The number of carbonyl (C=O) groups is 2. The summed E-state index contributed by atoms with van der Waals surface area (Å²) >= 11 is 5.99. The molecule has 0 bridgehead atoms. The van der Waals surface area contributed by atoms with E-state index in [1.807, 2.05) is 0 Å². The monoisotopic (exact) mass is 334 g/mol. The molecule has 0 aliphatic rings. The SMILES string of the molecule is CC(C)(C(=O)Nc1cccc(F)c1)C(=O)Nc1ccccc1Cl. The molecule has 2 amide bonds. The molecule has 2 aromatic carbocycles. The number of rotatable bonds is 4. The number of benzene rings is 2. The highest BCUT2D eigenvalue weighted by Crippen LogP contribution is 2.25. The molecular weight excluding hydrogens is 319 g/mol. The molecule has 0 spiro atoms. The van der Waals surface area contributed by atoms with E-state index in [1.54, 1.807) is 30.3 Å². The van der Waals surface area contributed by atoms with Crippen LogP contribution in [0.25, 0.3) is 0 Å². The van der Waals surface area contributed by atoms with Crippen LogP contribution in [0.4, 0.5) is 15.8 Å². The van der Waals surface area contributed by atoms with Crippen molar-refractivity contribution in [3.05, 3.63) is 59.4 Å². The van der Waals surface area contributed by atoms with Gasteiger partial charge in [-0.15, -0.1) is 0 Å². The smallest absolute Gasteiger partial charge is 0.239 e. The zero-order chi connectivity index (χ0) is 17.0. The lowest BCUT2D eigenvalue weighted by atomic mass is 9.90. The summed E-state index contributed by atoms with van der Waals surface area (Å²) in [5.41, 5.74) is -0.662. The van der Waals surface area contributed by atoms with Gasteiger partial charge in [-0.25, -0.2) is 4.39 Å². The standard InChI is InChI=1S/C17H16ClFN2O2/c1-17(2,15(22)20-12-7-5-6-11(19)10-12)16(23)21-14-9-4-3-8-13(14)18/h3-10H,1-2H3,(H,20,22)(H,21,23). The van der Waals surface area contributed by atoms with Gasteiger partial charge in [0.15, 0.2) is 0 Å². The van der Waals surface area contributed by atoms with Crippen molar-refractivity contribution in [2.24, 2.45) is 5.41 Å². The van der Waals surface area contributed by atoms with E-state index in [1.165, 1.54) is 32.0 Å². The molecule has 2 aromatic rings. The number of carbonyl (C=O) groups excluding carboxylic acids is 2. The molecule has 0 aliphatic carbocycles. The number of para-hydroxylation sites is 1. The molecule has 0 radical (unpaired) electrons. The minimum Gasteiger partial charge on any atom is -0.325 e. The fourth-order valence-electron chi connectivity index (χ4n) is 1.80. The highest BCUT2D eigenvalue weighted by molar-refractivity contribution is 6.34. The summed E-state index contributed by atoms with van der Waals surface area (Å²) in [5.74, 6) is -1.53. The summed E-state index contributed by atoms with van der Waals surface area (Å²) in [7, 11) is 0. The van der Waals surface area contributed by atoms with Gasteiger partial charge in [0, 0.05) is 5.69 Å². The Labute approximate surface area is 138 Å². The van der Waals surface area contributed by atoms with Crippen molar-refractivity contribution in [1.29, 1.82) is 0 Å². The maximum atomic E-state index is 13.2. The molecule has 0 saturated carbocycles. The van der Waals surface area contributed by atoms with Crippen molar-refractivity contribution in [2.75, 3.05) is 10.6 Å². The van der Waals surface area contributed by atoms with E-state index in [0.717, 1.165) is 0 Å². The molecule has 120 valence electrons. The first-order valence-corrected chi connectivity index (χ1v) is 7.31. The first-order chi connectivity index (χ1) is 10.8. The second-order valence-electron chi connectivity index (χ2n) is 5.52. The van der Waals surface area contributed by atoms with Gasteiger partial charge < -0.3 is 10.6 Å². The van der Waals surface area contributed by atoms with Crippen molar-refractivity contribution < 1.29 is 14.0 Å². The van der Waals surface area contributed by atoms with Crippen LogP contribution in [0.5, 0.6) is 0 Å². The zero-order valence-corrected chi connectivity index (χ0v) is 13.4. The Morgan fingerprint density at radius 1 is 1.00 bits per heavy atom. The minimum atomic E-state index is -1.37. The van der Waals surface area contributed by atoms with Crippen LogP contribution < -0.4 is 10.6 Å². The van der Waals surface area contributed by atoms with Crippen LogP contribution >= 0.6 is 11.6 Å². The van der Waals surface area contributed by atoms with Gasteiger partial charge in [-0.05, 0) is 44.2 Å². The maximum Gasteiger partial charge on any atom is 0.239 e. The third-order valence-electron chi connectivity index (χ3n) is 3.34. The fourth-order valence-corrected chi connectivity index (χ4v) is 1.98. The first kappa shape index (κ1) is 17.0. The lowest BCUT2D eigenvalue weighted by Crippen LogP contribution is -2.41. The van der Waals surface area contributed by atoms with E-state index in [2.05, 4.69) is 10.6 Å². The Bertz CT molecular complexity index is 747. The van der Waals surface area contributed by atoms with Gasteiger partial charge in [-0.3, -0.25) is 9.59 Å².